The highest BCUT2D eigenvalue weighted by Gasteiger charge is 2.30. The molecule has 1 saturated heterocycles. The Hall–Kier alpha value is -0.570. The summed E-state index contributed by atoms with van der Waals surface area (Å²) in [6.07, 6.45) is 1.02. The minimum Gasteiger partial charge on any atom is -0.496 e. The number of amides is 1. The van der Waals surface area contributed by atoms with E-state index in [0.717, 1.165) is 3.57 Å². The van der Waals surface area contributed by atoms with E-state index in [9.17, 15) is 9.90 Å². The van der Waals surface area contributed by atoms with E-state index in [1.165, 1.54) is 7.11 Å². The van der Waals surface area contributed by atoms with Crippen molar-refractivity contribution >= 4 is 40.1 Å². The summed E-state index contributed by atoms with van der Waals surface area (Å²) in [5.41, 5.74) is -0.549. The topological polar surface area (TPSA) is 67.8 Å². The Morgan fingerprint density at radius 3 is 2.81 bits per heavy atom. The van der Waals surface area contributed by atoms with E-state index in [1.54, 1.807) is 12.1 Å². The number of carbonyl (C=O) groups excluding carboxylic acids is 1. The Bertz CT molecular complexity index is 532. The minimum absolute atomic E-state index is 0.182. The van der Waals surface area contributed by atoms with E-state index < -0.39 is 5.60 Å². The molecule has 1 fully saturated rings. The average molecular weight is 426 g/mol. The molecule has 1 amide bonds. The number of halogens is 2. The summed E-state index contributed by atoms with van der Waals surface area (Å²) in [5, 5.41) is 13.6. The van der Waals surface area contributed by atoms with Crippen LogP contribution in [0.1, 0.15) is 23.2 Å². The normalized spacial score (nSPS) is 17.3. The Balaban J connectivity index is 2.08. The van der Waals surface area contributed by atoms with Crippen molar-refractivity contribution in [1.82, 2.24) is 5.32 Å². The van der Waals surface area contributed by atoms with Gasteiger partial charge >= 0.3 is 0 Å². The molecule has 2 N–H and O–H groups in total. The zero-order chi connectivity index (χ0) is 15.5. The third-order valence-corrected chi connectivity index (χ3v) is 5.01. The Kier molecular flexibility index (Phi) is 5.70. The summed E-state index contributed by atoms with van der Waals surface area (Å²) in [6, 6.07) is 3.28. The molecule has 1 aromatic carbocycles. The molecule has 1 heterocycles. The molecule has 1 aromatic rings. The van der Waals surface area contributed by atoms with Crippen molar-refractivity contribution < 1.29 is 19.4 Å². The Morgan fingerprint density at radius 2 is 2.19 bits per heavy atom. The number of hydrogen-bond acceptors (Lipinski definition) is 4. The van der Waals surface area contributed by atoms with Crippen LogP contribution in [0.3, 0.4) is 0 Å². The molecule has 0 radical (unpaired) electrons. The molecule has 0 aliphatic carbocycles. The van der Waals surface area contributed by atoms with Crippen LogP contribution in [-0.2, 0) is 4.74 Å². The predicted molar refractivity (Wildman–Crippen MR) is 88.1 cm³/mol. The standard InChI is InChI=1S/C14H17ClINO4/c1-20-12-7-11(16)10(15)6-9(12)13(18)17-8-14(19)2-4-21-5-3-14/h6-7,19H,2-5,8H2,1H3,(H,17,18). The smallest absolute Gasteiger partial charge is 0.255 e. The van der Waals surface area contributed by atoms with Crippen LogP contribution in [0.15, 0.2) is 12.1 Å². The van der Waals surface area contributed by atoms with Crippen LogP contribution in [-0.4, -0.2) is 43.5 Å². The molecule has 116 valence electrons. The van der Waals surface area contributed by atoms with Crippen molar-refractivity contribution in [3.05, 3.63) is 26.3 Å². The van der Waals surface area contributed by atoms with Crippen LogP contribution in [0.25, 0.3) is 0 Å². The molecule has 0 atom stereocenters. The van der Waals surface area contributed by atoms with E-state index in [1.807, 2.05) is 0 Å². The molecule has 5 nitrogen and oxygen atoms in total. The van der Waals surface area contributed by atoms with Crippen LogP contribution in [0.5, 0.6) is 5.75 Å². The van der Waals surface area contributed by atoms with Gasteiger partial charge in [-0.2, -0.15) is 0 Å². The zero-order valence-corrected chi connectivity index (χ0v) is 14.5. The molecule has 0 unspecified atom stereocenters. The van der Waals surface area contributed by atoms with Crippen LogP contribution in [0.2, 0.25) is 5.02 Å². The van der Waals surface area contributed by atoms with Gasteiger partial charge < -0.3 is 19.9 Å². The van der Waals surface area contributed by atoms with Gasteiger partial charge in [-0.1, -0.05) is 11.6 Å². The molecule has 1 aliphatic rings. The second-order valence-electron chi connectivity index (χ2n) is 4.99. The second-order valence-corrected chi connectivity index (χ2v) is 6.56. The molecular formula is C14H17ClINO4. The Labute approximate surface area is 142 Å². The highest BCUT2D eigenvalue weighted by Crippen LogP contribution is 2.28. The number of nitrogens with one attached hydrogen (secondary N) is 1. The van der Waals surface area contributed by atoms with E-state index in [2.05, 4.69) is 27.9 Å². The molecule has 21 heavy (non-hydrogen) atoms. The highest BCUT2D eigenvalue weighted by molar-refractivity contribution is 14.1. The largest absolute Gasteiger partial charge is 0.496 e. The molecular weight excluding hydrogens is 409 g/mol. The van der Waals surface area contributed by atoms with Crippen LogP contribution in [0.4, 0.5) is 0 Å². The zero-order valence-electron chi connectivity index (χ0n) is 11.6. The second kappa shape index (κ2) is 7.13. The van der Waals surface area contributed by atoms with Gasteiger partial charge in [0, 0.05) is 36.2 Å². The van der Waals surface area contributed by atoms with Gasteiger partial charge in [-0.15, -0.1) is 0 Å². The van der Waals surface area contributed by atoms with Gasteiger partial charge in [0.25, 0.3) is 5.91 Å². The lowest BCUT2D eigenvalue weighted by molar-refractivity contribution is -0.0605. The van der Waals surface area contributed by atoms with Crippen molar-refractivity contribution in [3.63, 3.8) is 0 Å². The fourth-order valence-corrected chi connectivity index (χ4v) is 2.75. The van der Waals surface area contributed by atoms with Crippen LogP contribution < -0.4 is 10.1 Å². The van der Waals surface area contributed by atoms with Gasteiger partial charge in [0.1, 0.15) is 5.75 Å². The maximum absolute atomic E-state index is 12.3. The van der Waals surface area contributed by atoms with E-state index in [0.29, 0.717) is 42.4 Å². The predicted octanol–water partition coefficient (Wildman–Crippen LogP) is 2.22. The first-order valence-corrected chi connectivity index (χ1v) is 8.02. The quantitative estimate of drug-likeness (QED) is 0.726. The SMILES string of the molecule is COc1cc(I)c(Cl)cc1C(=O)NCC1(O)CCOCC1. The molecule has 2 rings (SSSR count). The fourth-order valence-electron chi connectivity index (χ4n) is 2.14. The number of hydrogen-bond donors (Lipinski definition) is 2. The van der Waals surface area contributed by atoms with Crippen molar-refractivity contribution in [2.45, 2.75) is 18.4 Å². The van der Waals surface area contributed by atoms with Crippen molar-refractivity contribution in [3.8, 4) is 5.75 Å². The number of methoxy groups -OCH3 is 1. The van der Waals surface area contributed by atoms with E-state index in [4.69, 9.17) is 21.1 Å². The highest BCUT2D eigenvalue weighted by atomic mass is 127. The lowest BCUT2D eigenvalue weighted by Crippen LogP contribution is -2.46. The molecule has 1 aliphatic heterocycles. The van der Waals surface area contributed by atoms with E-state index >= 15 is 0 Å². The molecule has 0 bridgehead atoms. The average Bonchev–Trinajstić information content (AvgIpc) is 2.48. The molecule has 7 heteroatoms. The monoisotopic (exact) mass is 425 g/mol. The molecule has 0 aromatic heterocycles. The van der Waals surface area contributed by atoms with Gasteiger partial charge in [0.15, 0.2) is 0 Å². The molecule has 0 spiro atoms. The van der Waals surface area contributed by atoms with Gasteiger partial charge in [0.05, 0.1) is 23.3 Å². The van der Waals surface area contributed by atoms with Crippen molar-refractivity contribution in [2.24, 2.45) is 0 Å². The van der Waals surface area contributed by atoms with Crippen LogP contribution in [0, 0.1) is 3.57 Å². The van der Waals surface area contributed by atoms with Crippen LogP contribution >= 0.6 is 34.2 Å². The maximum atomic E-state index is 12.3. The van der Waals surface area contributed by atoms with Gasteiger partial charge in [-0.25, -0.2) is 0 Å². The number of carbonyl (C=O) groups is 1. The number of aliphatic hydroxyl groups is 1. The van der Waals surface area contributed by atoms with Gasteiger partial charge in [0.2, 0.25) is 0 Å². The summed E-state index contributed by atoms with van der Waals surface area (Å²) in [5.74, 6) is 0.144. The summed E-state index contributed by atoms with van der Waals surface area (Å²) in [4.78, 5) is 12.3. The summed E-state index contributed by atoms with van der Waals surface area (Å²) in [7, 11) is 1.50. The van der Waals surface area contributed by atoms with Crippen molar-refractivity contribution in [2.75, 3.05) is 26.9 Å². The maximum Gasteiger partial charge on any atom is 0.255 e. The number of benzene rings is 1. The van der Waals surface area contributed by atoms with Crippen molar-refractivity contribution in [1.29, 1.82) is 0 Å². The van der Waals surface area contributed by atoms with E-state index in [-0.39, 0.29) is 12.5 Å². The third kappa shape index (κ3) is 4.21. The van der Waals surface area contributed by atoms with Gasteiger partial charge in [-0.05, 0) is 34.7 Å². The molecule has 0 saturated carbocycles. The lowest BCUT2D eigenvalue weighted by atomic mass is 9.94. The summed E-state index contributed by atoms with van der Waals surface area (Å²) < 4.78 is 11.2. The summed E-state index contributed by atoms with van der Waals surface area (Å²) in [6.45, 7) is 1.19. The lowest BCUT2D eigenvalue weighted by Gasteiger charge is -2.32. The number of ether oxygens (including phenoxy) is 2. The first-order chi connectivity index (χ1) is 9.95. The first kappa shape index (κ1) is 16.8. The Morgan fingerprint density at radius 1 is 1.52 bits per heavy atom. The first-order valence-electron chi connectivity index (χ1n) is 6.56. The summed E-state index contributed by atoms with van der Waals surface area (Å²) >= 11 is 8.13. The fraction of sp³-hybridized carbons (Fsp3) is 0.500. The third-order valence-electron chi connectivity index (χ3n) is 3.49. The van der Waals surface area contributed by atoms with Gasteiger partial charge in [-0.3, -0.25) is 4.79 Å². The number of rotatable bonds is 4. The minimum atomic E-state index is -0.909.